The van der Waals surface area contributed by atoms with E-state index in [0.29, 0.717) is 43.8 Å². The van der Waals surface area contributed by atoms with E-state index in [2.05, 4.69) is 15.2 Å². The maximum absolute atomic E-state index is 12.7. The molecule has 1 amide bonds. The van der Waals surface area contributed by atoms with Gasteiger partial charge in [-0.25, -0.2) is 4.68 Å². The van der Waals surface area contributed by atoms with Crippen molar-refractivity contribution in [1.29, 1.82) is 0 Å². The molecule has 2 rings (SSSR count). The fourth-order valence-electron chi connectivity index (χ4n) is 2.51. The zero-order valence-electron chi connectivity index (χ0n) is 16.1. The zero-order chi connectivity index (χ0) is 20.4. The molecule has 0 fully saturated rings. The Labute approximate surface area is 169 Å². The van der Waals surface area contributed by atoms with Gasteiger partial charge < -0.3 is 9.74 Å². The predicted molar refractivity (Wildman–Crippen MR) is 108 cm³/mol. The first-order chi connectivity index (χ1) is 13.6. The van der Waals surface area contributed by atoms with Crippen molar-refractivity contribution >= 4 is 28.9 Å². The number of rotatable bonds is 11. The van der Waals surface area contributed by atoms with E-state index in [0.717, 1.165) is 5.69 Å². The molecule has 0 bridgehead atoms. The van der Waals surface area contributed by atoms with Gasteiger partial charge in [0.05, 0.1) is 30.5 Å². The van der Waals surface area contributed by atoms with Crippen LogP contribution in [0.3, 0.4) is 0 Å². The quantitative estimate of drug-likeness (QED) is 0.317. The average molecular weight is 410 g/mol. The Morgan fingerprint density at radius 2 is 2.21 bits per heavy atom. The van der Waals surface area contributed by atoms with Crippen LogP contribution in [0.1, 0.15) is 39.5 Å². The van der Waals surface area contributed by atoms with E-state index >= 15 is 0 Å². The Bertz CT molecular complexity index is 782. The standard InChI is InChI=1S/C19H25ClFN5O2/c1-3-25(18(27)9-8-15(2)24-28-12-5-4-10-21)17-14-26(23-19(17)20)16-7-6-11-22-13-16/h6-7,11,13-14H,3-5,8-10,12H2,1-2H3/b24-15+. The molecule has 0 aromatic carbocycles. The number of carbonyl (C=O) groups excluding carboxylic acids is 1. The lowest BCUT2D eigenvalue weighted by Gasteiger charge is -2.19. The largest absolute Gasteiger partial charge is 0.396 e. The van der Waals surface area contributed by atoms with E-state index < -0.39 is 0 Å². The van der Waals surface area contributed by atoms with Crippen molar-refractivity contribution in [2.45, 2.75) is 39.5 Å². The minimum absolute atomic E-state index is 0.0814. The highest BCUT2D eigenvalue weighted by Gasteiger charge is 2.20. The van der Waals surface area contributed by atoms with Crippen LogP contribution in [-0.2, 0) is 9.63 Å². The summed E-state index contributed by atoms with van der Waals surface area (Å²) in [7, 11) is 0. The number of pyridine rings is 1. The second kappa shape index (κ2) is 11.4. The molecule has 0 radical (unpaired) electrons. The lowest BCUT2D eigenvalue weighted by molar-refractivity contribution is -0.118. The Morgan fingerprint density at radius 3 is 2.89 bits per heavy atom. The topological polar surface area (TPSA) is 72.6 Å². The maximum Gasteiger partial charge on any atom is 0.227 e. The third kappa shape index (κ3) is 6.30. The minimum atomic E-state index is -0.354. The molecule has 0 spiro atoms. The number of hydrogen-bond donors (Lipinski definition) is 0. The summed E-state index contributed by atoms with van der Waals surface area (Å²) in [5, 5.41) is 8.48. The summed E-state index contributed by atoms with van der Waals surface area (Å²) in [6.07, 6.45) is 6.87. The molecule has 0 unspecified atom stereocenters. The summed E-state index contributed by atoms with van der Waals surface area (Å²) in [6, 6.07) is 3.65. The van der Waals surface area contributed by atoms with Gasteiger partial charge in [-0.3, -0.25) is 14.2 Å². The van der Waals surface area contributed by atoms with Gasteiger partial charge in [0, 0.05) is 19.2 Å². The van der Waals surface area contributed by atoms with Crippen molar-refractivity contribution in [3.63, 3.8) is 0 Å². The Balaban J connectivity index is 1.96. The Morgan fingerprint density at radius 1 is 1.39 bits per heavy atom. The van der Waals surface area contributed by atoms with Gasteiger partial charge in [0.25, 0.3) is 0 Å². The molecule has 0 aliphatic rings. The molecular weight excluding hydrogens is 385 g/mol. The fourth-order valence-corrected chi connectivity index (χ4v) is 2.75. The lowest BCUT2D eigenvalue weighted by Crippen LogP contribution is -2.30. The van der Waals surface area contributed by atoms with Crippen LogP contribution in [0, 0.1) is 0 Å². The van der Waals surface area contributed by atoms with Gasteiger partial charge in [-0.05, 0) is 45.2 Å². The first kappa shape index (κ1) is 21.8. The summed E-state index contributed by atoms with van der Waals surface area (Å²) in [6.45, 7) is 4.16. The molecular formula is C19H25ClFN5O2. The maximum atomic E-state index is 12.7. The minimum Gasteiger partial charge on any atom is -0.396 e. The van der Waals surface area contributed by atoms with Crippen LogP contribution >= 0.6 is 11.6 Å². The molecule has 0 atom stereocenters. The van der Waals surface area contributed by atoms with Crippen molar-refractivity contribution in [3.8, 4) is 5.69 Å². The first-order valence-electron chi connectivity index (χ1n) is 9.24. The molecule has 9 heteroatoms. The third-order valence-corrected chi connectivity index (χ3v) is 4.28. The number of unbranched alkanes of at least 4 members (excludes halogenated alkanes) is 1. The van der Waals surface area contributed by atoms with E-state index in [1.807, 2.05) is 13.0 Å². The van der Waals surface area contributed by atoms with Gasteiger partial charge in [-0.2, -0.15) is 5.10 Å². The normalized spacial score (nSPS) is 11.5. The van der Waals surface area contributed by atoms with Gasteiger partial charge in [0.1, 0.15) is 12.3 Å². The summed E-state index contributed by atoms with van der Waals surface area (Å²) in [4.78, 5) is 23.5. The summed E-state index contributed by atoms with van der Waals surface area (Å²) < 4.78 is 13.6. The average Bonchev–Trinajstić information content (AvgIpc) is 3.09. The van der Waals surface area contributed by atoms with E-state index in [9.17, 15) is 9.18 Å². The van der Waals surface area contributed by atoms with Gasteiger partial charge in [0.15, 0.2) is 5.15 Å². The number of oxime groups is 1. The second-order valence-electron chi connectivity index (χ2n) is 6.15. The Kier molecular flexibility index (Phi) is 8.87. The van der Waals surface area contributed by atoms with Gasteiger partial charge >= 0.3 is 0 Å². The molecule has 0 saturated heterocycles. The Hall–Kier alpha value is -2.48. The molecule has 28 heavy (non-hydrogen) atoms. The van der Waals surface area contributed by atoms with Crippen molar-refractivity contribution < 1.29 is 14.0 Å². The number of alkyl halides is 1. The molecule has 2 aromatic rings. The van der Waals surface area contributed by atoms with Gasteiger partial charge in [-0.15, -0.1) is 0 Å². The van der Waals surface area contributed by atoms with Crippen LogP contribution < -0.4 is 4.90 Å². The van der Waals surface area contributed by atoms with Crippen LogP contribution in [0.4, 0.5) is 10.1 Å². The summed E-state index contributed by atoms with van der Waals surface area (Å²) in [5.74, 6) is -0.0814. The van der Waals surface area contributed by atoms with E-state index in [4.69, 9.17) is 16.4 Å². The van der Waals surface area contributed by atoms with E-state index in [-0.39, 0.29) is 24.2 Å². The second-order valence-corrected chi connectivity index (χ2v) is 6.51. The molecule has 0 saturated carbocycles. The predicted octanol–water partition coefficient (Wildman–Crippen LogP) is 4.20. The number of amides is 1. The molecule has 0 N–H and O–H groups in total. The molecule has 7 nitrogen and oxygen atoms in total. The van der Waals surface area contributed by atoms with Crippen LogP contribution in [0.25, 0.3) is 5.69 Å². The molecule has 152 valence electrons. The van der Waals surface area contributed by atoms with Crippen LogP contribution in [0.5, 0.6) is 0 Å². The monoisotopic (exact) mass is 409 g/mol. The van der Waals surface area contributed by atoms with Gasteiger partial charge in [0.2, 0.25) is 5.91 Å². The number of carbonyl (C=O) groups is 1. The van der Waals surface area contributed by atoms with Crippen molar-refractivity contribution in [2.75, 3.05) is 24.7 Å². The van der Waals surface area contributed by atoms with Crippen LogP contribution in [0.15, 0.2) is 35.9 Å². The van der Waals surface area contributed by atoms with Crippen molar-refractivity contribution in [1.82, 2.24) is 14.8 Å². The third-order valence-electron chi connectivity index (χ3n) is 4.01. The lowest BCUT2D eigenvalue weighted by atomic mass is 10.2. The number of aromatic nitrogens is 3. The van der Waals surface area contributed by atoms with E-state index in [1.54, 1.807) is 41.2 Å². The molecule has 0 aliphatic heterocycles. The highest BCUT2D eigenvalue weighted by atomic mass is 35.5. The zero-order valence-corrected chi connectivity index (χ0v) is 16.9. The number of halogens is 2. The van der Waals surface area contributed by atoms with Gasteiger partial charge in [-0.1, -0.05) is 16.8 Å². The molecule has 2 aromatic heterocycles. The first-order valence-corrected chi connectivity index (χ1v) is 9.62. The summed E-state index contributed by atoms with van der Waals surface area (Å²) >= 11 is 6.27. The van der Waals surface area contributed by atoms with Crippen LogP contribution in [-0.4, -0.2) is 46.2 Å². The van der Waals surface area contributed by atoms with Crippen molar-refractivity contribution in [3.05, 3.63) is 35.9 Å². The number of hydrogen-bond acceptors (Lipinski definition) is 5. The number of nitrogens with zero attached hydrogens (tertiary/aromatic N) is 5. The summed E-state index contributed by atoms with van der Waals surface area (Å²) in [5.41, 5.74) is 2.02. The highest BCUT2D eigenvalue weighted by molar-refractivity contribution is 6.32. The number of anilines is 1. The highest BCUT2D eigenvalue weighted by Crippen LogP contribution is 2.26. The van der Waals surface area contributed by atoms with E-state index in [1.165, 1.54) is 0 Å². The van der Waals surface area contributed by atoms with Crippen molar-refractivity contribution in [2.24, 2.45) is 5.16 Å². The van der Waals surface area contributed by atoms with Crippen LogP contribution in [0.2, 0.25) is 5.15 Å². The smallest absolute Gasteiger partial charge is 0.227 e. The molecule has 0 aliphatic carbocycles. The fraction of sp³-hybridized carbons (Fsp3) is 0.474. The SMILES string of the molecule is CCN(C(=O)CC/C(C)=N/OCCCCF)c1cn(-c2cccnc2)nc1Cl. The molecule has 2 heterocycles.